The summed E-state index contributed by atoms with van der Waals surface area (Å²) in [7, 11) is -3.48. The highest BCUT2D eigenvalue weighted by Gasteiger charge is 2.38. The van der Waals surface area contributed by atoms with Crippen molar-refractivity contribution in [3.8, 4) is 5.75 Å². The van der Waals surface area contributed by atoms with Crippen LogP contribution in [0.4, 0.5) is 5.69 Å². The number of rotatable bonds is 8. The quantitative estimate of drug-likeness (QED) is 0.387. The third-order valence-electron chi connectivity index (χ3n) is 5.82. The lowest BCUT2D eigenvalue weighted by molar-refractivity contribution is -0.121. The van der Waals surface area contributed by atoms with Crippen LogP contribution in [-0.4, -0.2) is 41.2 Å². The monoisotopic (exact) mass is 478 g/mol. The number of aryl methyl sites for hydroxylation is 1. The van der Waals surface area contributed by atoms with Gasteiger partial charge in [-0.05, 0) is 31.0 Å². The van der Waals surface area contributed by atoms with E-state index in [1.807, 2.05) is 0 Å². The fourth-order valence-electron chi connectivity index (χ4n) is 4.03. The van der Waals surface area contributed by atoms with Crippen molar-refractivity contribution in [1.82, 2.24) is 15.5 Å². The fraction of sp³-hybridized carbons (Fsp3) is 0.545. The summed E-state index contributed by atoms with van der Waals surface area (Å²) >= 11 is 0. The molecular formula is C22H30N4O6S. The molecule has 180 valence electrons. The number of sulfone groups is 1. The van der Waals surface area contributed by atoms with Gasteiger partial charge in [0, 0.05) is 19.8 Å². The lowest BCUT2D eigenvalue weighted by Crippen LogP contribution is -2.45. The van der Waals surface area contributed by atoms with Crippen molar-refractivity contribution in [3.63, 3.8) is 0 Å². The van der Waals surface area contributed by atoms with Gasteiger partial charge >= 0.3 is 0 Å². The normalized spacial score (nSPS) is 16.1. The molecule has 0 aliphatic heterocycles. The Hall–Kier alpha value is -2.95. The molecular weight excluding hydrogens is 448 g/mol. The van der Waals surface area contributed by atoms with Crippen molar-refractivity contribution in [2.24, 2.45) is 0 Å². The Kier molecular flexibility index (Phi) is 7.72. The molecule has 0 bridgehead atoms. The molecule has 33 heavy (non-hydrogen) atoms. The Balaban J connectivity index is 1.67. The van der Waals surface area contributed by atoms with Crippen LogP contribution in [0.15, 0.2) is 27.6 Å². The molecule has 10 nitrogen and oxygen atoms in total. The Morgan fingerprint density at radius 2 is 1.88 bits per heavy atom. The van der Waals surface area contributed by atoms with E-state index in [1.165, 1.54) is 32.0 Å². The smallest absolute Gasteiger partial charge is 0.227 e. The maximum Gasteiger partial charge on any atom is 0.227 e. The molecule has 3 N–H and O–H groups in total. The topological polar surface area (TPSA) is 151 Å². The Bertz CT molecular complexity index is 1100. The van der Waals surface area contributed by atoms with Gasteiger partial charge in [-0.2, -0.15) is 4.98 Å². The van der Waals surface area contributed by atoms with E-state index in [4.69, 9.17) is 4.52 Å². The molecule has 2 amide bonds. The van der Waals surface area contributed by atoms with Gasteiger partial charge in [-0.25, -0.2) is 8.42 Å². The lowest BCUT2D eigenvalue weighted by atomic mass is 9.89. The van der Waals surface area contributed by atoms with Gasteiger partial charge in [0.15, 0.2) is 15.7 Å². The van der Waals surface area contributed by atoms with Gasteiger partial charge in [0.25, 0.3) is 0 Å². The molecule has 0 spiro atoms. The van der Waals surface area contributed by atoms with Gasteiger partial charge < -0.3 is 20.3 Å². The molecule has 0 atom stereocenters. The van der Waals surface area contributed by atoms with E-state index in [-0.39, 0.29) is 46.7 Å². The minimum absolute atomic E-state index is 0.0149. The van der Waals surface area contributed by atoms with E-state index in [2.05, 4.69) is 20.8 Å². The first kappa shape index (κ1) is 24.7. The third kappa shape index (κ3) is 6.10. The van der Waals surface area contributed by atoms with Gasteiger partial charge in [0.2, 0.25) is 17.7 Å². The van der Waals surface area contributed by atoms with Crippen LogP contribution >= 0.6 is 0 Å². The fourth-order valence-corrected chi connectivity index (χ4v) is 4.94. The molecule has 1 aliphatic rings. The molecule has 0 saturated heterocycles. The minimum Gasteiger partial charge on any atom is -0.506 e. The predicted octanol–water partition coefficient (Wildman–Crippen LogP) is 2.83. The van der Waals surface area contributed by atoms with Crippen LogP contribution in [0.5, 0.6) is 5.75 Å². The van der Waals surface area contributed by atoms with Gasteiger partial charge in [-0.15, -0.1) is 0 Å². The number of aromatic hydroxyl groups is 1. The zero-order valence-corrected chi connectivity index (χ0v) is 19.7. The second-order valence-electron chi connectivity index (χ2n) is 8.32. The van der Waals surface area contributed by atoms with Crippen LogP contribution in [0.25, 0.3) is 0 Å². The van der Waals surface area contributed by atoms with Crippen molar-refractivity contribution < 1.29 is 27.6 Å². The van der Waals surface area contributed by atoms with E-state index in [9.17, 15) is 23.1 Å². The second kappa shape index (κ2) is 10.3. The number of hydrogen-bond acceptors (Lipinski definition) is 8. The number of aromatic nitrogens is 2. The van der Waals surface area contributed by atoms with Gasteiger partial charge in [0.05, 0.1) is 16.3 Å². The summed E-state index contributed by atoms with van der Waals surface area (Å²) in [6.45, 7) is 2.98. The summed E-state index contributed by atoms with van der Waals surface area (Å²) in [5.41, 5.74) is -0.646. The standard InChI is InChI=1S/C22H30N4O6S/c1-3-33(30,31)16-8-9-18(28)17(14-16)23-19(29)10-11-20-24-21(26-32-20)22(25-15(2)27)12-6-4-5-7-13-22/h8-9,14,28H,3-7,10-13H2,1-2H3,(H,23,29)(H,25,27). The van der Waals surface area contributed by atoms with Crippen molar-refractivity contribution in [2.75, 3.05) is 11.1 Å². The SMILES string of the molecule is CCS(=O)(=O)c1ccc(O)c(NC(=O)CCc2nc(C3(NC(C)=O)CCCCCC3)no2)c1. The summed E-state index contributed by atoms with van der Waals surface area (Å²) < 4.78 is 29.5. The van der Waals surface area contributed by atoms with Crippen LogP contribution in [-0.2, 0) is 31.4 Å². The Morgan fingerprint density at radius 1 is 1.18 bits per heavy atom. The molecule has 1 aromatic heterocycles. The van der Waals surface area contributed by atoms with Crippen LogP contribution < -0.4 is 10.6 Å². The zero-order valence-electron chi connectivity index (χ0n) is 18.9. The predicted molar refractivity (Wildman–Crippen MR) is 120 cm³/mol. The van der Waals surface area contributed by atoms with E-state index < -0.39 is 21.3 Å². The average molecular weight is 479 g/mol. The van der Waals surface area contributed by atoms with Crippen molar-refractivity contribution >= 4 is 27.3 Å². The molecule has 0 unspecified atom stereocenters. The molecule has 0 radical (unpaired) electrons. The number of nitrogens with zero attached hydrogens (tertiary/aromatic N) is 2. The van der Waals surface area contributed by atoms with Crippen molar-refractivity contribution in [3.05, 3.63) is 29.9 Å². The number of anilines is 1. The summed E-state index contributed by atoms with van der Waals surface area (Å²) in [4.78, 5) is 28.7. The molecule has 1 saturated carbocycles. The number of phenols is 1. The van der Waals surface area contributed by atoms with E-state index in [0.29, 0.717) is 5.82 Å². The highest BCUT2D eigenvalue weighted by molar-refractivity contribution is 7.91. The minimum atomic E-state index is -3.48. The van der Waals surface area contributed by atoms with Gasteiger partial charge in [-0.1, -0.05) is 37.8 Å². The molecule has 1 aliphatic carbocycles. The van der Waals surface area contributed by atoms with E-state index in [1.54, 1.807) is 0 Å². The maximum absolute atomic E-state index is 12.4. The number of carbonyl (C=O) groups is 2. The number of carbonyl (C=O) groups excluding carboxylic acids is 2. The molecule has 1 heterocycles. The summed E-state index contributed by atoms with van der Waals surface area (Å²) in [6, 6.07) is 3.76. The first-order valence-corrected chi connectivity index (χ1v) is 12.8. The van der Waals surface area contributed by atoms with Crippen LogP contribution in [0.3, 0.4) is 0 Å². The van der Waals surface area contributed by atoms with Crippen LogP contribution in [0.1, 0.15) is 70.5 Å². The van der Waals surface area contributed by atoms with Crippen molar-refractivity contribution in [2.45, 2.75) is 75.6 Å². The largest absolute Gasteiger partial charge is 0.506 e. The maximum atomic E-state index is 12.4. The number of benzene rings is 1. The number of nitrogens with one attached hydrogen (secondary N) is 2. The van der Waals surface area contributed by atoms with Gasteiger partial charge in [-0.3, -0.25) is 9.59 Å². The third-order valence-corrected chi connectivity index (χ3v) is 7.55. The lowest BCUT2D eigenvalue weighted by Gasteiger charge is -2.30. The molecule has 1 fully saturated rings. The van der Waals surface area contributed by atoms with E-state index >= 15 is 0 Å². The molecule has 2 aromatic rings. The Morgan fingerprint density at radius 3 is 2.52 bits per heavy atom. The first-order valence-electron chi connectivity index (χ1n) is 11.1. The number of phenolic OH excluding ortho intramolecular Hbond substituents is 1. The first-order chi connectivity index (χ1) is 15.6. The summed E-state index contributed by atoms with van der Waals surface area (Å²) in [6.07, 6.45) is 5.65. The number of hydrogen-bond donors (Lipinski definition) is 3. The highest BCUT2D eigenvalue weighted by Crippen LogP contribution is 2.34. The Labute approximate surface area is 193 Å². The molecule has 11 heteroatoms. The molecule has 3 rings (SSSR count). The number of amides is 2. The second-order valence-corrected chi connectivity index (χ2v) is 10.6. The molecule has 1 aromatic carbocycles. The average Bonchev–Trinajstić information content (AvgIpc) is 3.13. The van der Waals surface area contributed by atoms with Crippen molar-refractivity contribution in [1.29, 1.82) is 0 Å². The highest BCUT2D eigenvalue weighted by atomic mass is 32.2. The summed E-state index contributed by atoms with van der Waals surface area (Å²) in [5.74, 6) is -0.239. The summed E-state index contributed by atoms with van der Waals surface area (Å²) in [5, 5.41) is 19.6. The zero-order chi connectivity index (χ0) is 24.1. The van der Waals surface area contributed by atoms with E-state index in [0.717, 1.165) is 38.5 Å². The van der Waals surface area contributed by atoms with Gasteiger partial charge in [0.1, 0.15) is 11.3 Å². The van der Waals surface area contributed by atoms with Crippen LogP contribution in [0, 0.1) is 0 Å². The van der Waals surface area contributed by atoms with Crippen LogP contribution in [0.2, 0.25) is 0 Å².